The molecule has 0 radical (unpaired) electrons. The van der Waals surface area contributed by atoms with Gasteiger partial charge in [-0.25, -0.2) is 9.97 Å². The maximum absolute atomic E-state index is 6.67. The number of nitrogens with one attached hydrogen (secondary N) is 1. The molecule has 0 aliphatic carbocycles. The number of aliphatic imine (C=N–C) groups is 1. The van der Waals surface area contributed by atoms with Crippen molar-refractivity contribution in [3.63, 3.8) is 0 Å². The number of anilines is 1. The summed E-state index contributed by atoms with van der Waals surface area (Å²) >= 11 is 0. The van der Waals surface area contributed by atoms with Gasteiger partial charge in [-0.3, -0.25) is 4.99 Å². The van der Waals surface area contributed by atoms with Gasteiger partial charge in [0, 0.05) is 27.9 Å². The zero-order chi connectivity index (χ0) is 51.8. The molecule has 6 nitrogen and oxygen atoms in total. The van der Waals surface area contributed by atoms with Gasteiger partial charge in [0.2, 0.25) is 11.8 Å². The SMILES string of the molecule is C.C.C.CC(C)c1cccc(C(C)C)c1N=Cc1nc(-c2ccccc2)c(-c2ccccc2)o1.CC(C)c1cccc(C(C)C)c1NC(c1ccccc1)c1nc(-c2ccccc2)c(-c2ccccc2)o1.[Br-].[Mg+2].[c-]1ccccc1. The molecule has 1 N–H and O–H groups in total. The molecule has 0 aliphatic heterocycles. The Kier molecular flexibility index (Phi) is 27.4. The molecule has 0 amide bonds. The Balaban J connectivity index is 0.000000358. The first-order chi connectivity index (χ1) is 36.1. The Morgan fingerprint density at radius 2 is 0.797 bits per heavy atom. The minimum Gasteiger partial charge on any atom is -1.00 e. The molecule has 0 fully saturated rings. The van der Waals surface area contributed by atoms with E-state index in [2.05, 4.69) is 164 Å². The topological polar surface area (TPSA) is 76.5 Å². The Morgan fingerprint density at radius 3 is 1.19 bits per heavy atom. The fraction of sp³-hybridized carbons (Fsp3) is 0.225. The quantitative estimate of drug-likeness (QED) is 0.0667. The predicted octanol–water partition coefficient (Wildman–Crippen LogP) is 17.5. The average molecular weight is 1120 g/mol. The van der Waals surface area contributed by atoms with Crippen LogP contribution in [0.1, 0.15) is 147 Å². The second-order valence-electron chi connectivity index (χ2n) is 19.5. The zero-order valence-electron chi connectivity index (χ0n) is 45.0. The number of nitrogens with zero attached hydrogens (tertiary/aromatic N) is 3. The van der Waals surface area contributed by atoms with E-state index >= 15 is 0 Å². The molecule has 79 heavy (non-hydrogen) atoms. The average Bonchev–Trinajstić information content (AvgIpc) is 4.09. The summed E-state index contributed by atoms with van der Waals surface area (Å²) in [5.41, 5.74) is 14.1. The van der Waals surface area contributed by atoms with Gasteiger partial charge < -0.3 is 31.1 Å². The summed E-state index contributed by atoms with van der Waals surface area (Å²) < 4.78 is 12.9. The third-order valence-electron chi connectivity index (χ3n) is 12.7. The van der Waals surface area contributed by atoms with Crippen LogP contribution in [0.15, 0.2) is 232 Å². The Bertz CT molecular complexity index is 3110. The molecule has 1 atom stereocenters. The van der Waals surface area contributed by atoms with Crippen molar-refractivity contribution in [1.29, 1.82) is 0 Å². The van der Waals surface area contributed by atoms with Crippen LogP contribution >= 0.6 is 0 Å². The number of halogens is 1. The van der Waals surface area contributed by atoms with Gasteiger partial charge >= 0.3 is 23.1 Å². The van der Waals surface area contributed by atoms with Crippen LogP contribution in [-0.4, -0.2) is 39.2 Å². The number of para-hydroxylation sites is 2. The van der Waals surface area contributed by atoms with E-state index in [1.165, 1.54) is 27.9 Å². The van der Waals surface area contributed by atoms with Crippen molar-refractivity contribution in [2.45, 2.75) is 107 Å². The van der Waals surface area contributed by atoms with Crippen molar-refractivity contribution in [2.24, 2.45) is 4.99 Å². The van der Waals surface area contributed by atoms with E-state index in [1.54, 1.807) is 6.21 Å². The van der Waals surface area contributed by atoms with Crippen LogP contribution < -0.4 is 22.3 Å². The Hall–Kier alpha value is -7.10. The summed E-state index contributed by atoms with van der Waals surface area (Å²) in [6.07, 6.45) is 1.76. The standard InChI is InChI=1S/C34H34N2O.C28H28N2O.C6H5.3CH4.BrH.Mg/c1-23(2)28-21-14-22-29(24(3)4)32(28)35-31(26-17-10-6-11-18-26)34-36-30(25-15-8-5-9-16-25)33(37-34)27-19-12-7-13-20-27;1-19(2)23-16-11-17-24(20(3)4)27(23)29-18-25-30-26(21-12-7-5-8-13-21)28(31-25)22-14-9-6-10-15-22;1-2-4-6-5-3-1;;;;;/h5-24,31,35H,1-4H3;5-20H,1-4H3;1-5H;3*1H4;1H;/q;;-1;;;;;+2/p-1. The van der Waals surface area contributed by atoms with Gasteiger partial charge in [-0.2, -0.15) is 36.4 Å². The molecule has 0 bridgehead atoms. The zero-order valence-corrected chi connectivity index (χ0v) is 48.0. The maximum atomic E-state index is 6.67. The number of hydrogen-bond acceptors (Lipinski definition) is 6. The number of benzene rings is 8. The molecule has 0 saturated carbocycles. The van der Waals surface area contributed by atoms with Gasteiger partial charge in [0.1, 0.15) is 17.4 Å². The van der Waals surface area contributed by atoms with Crippen LogP contribution in [0.2, 0.25) is 0 Å². The molecule has 1 unspecified atom stereocenters. The molecule has 10 rings (SSSR count). The minimum absolute atomic E-state index is 0. The van der Waals surface area contributed by atoms with Crippen molar-refractivity contribution in [2.75, 3.05) is 5.32 Å². The normalized spacial score (nSPS) is 10.9. The Labute approximate surface area is 499 Å². The van der Waals surface area contributed by atoms with Gasteiger partial charge in [0.05, 0.1) is 11.9 Å². The van der Waals surface area contributed by atoms with E-state index < -0.39 is 0 Å². The molecular formula is C71H79BrMgN4O2. The van der Waals surface area contributed by atoms with Crippen molar-refractivity contribution >= 4 is 40.6 Å². The smallest absolute Gasteiger partial charge is 1.00 e. The van der Waals surface area contributed by atoms with Gasteiger partial charge in [0.15, 0.2) is 11.5 Å². The molecule has 2 aromatic heterocycles. The molecular weight excluding hydrogens is 1050 g/mol. The monoisotopic (exact) mass is 1120 g/mol. The van der Waals surface area contributed by atoms with Gasteiger partial charge in [-0.15, -0.1) is 0 Å². The first kappa shape index (κ1) is 66.2. The fourth-order valence-corrected chi connectivity index (χ4v) is 8.92. The van der Waals surface area contributed by atoms with Gasteiger partial charge in [0.25, 0.3) is 0 Å². The van der Waals surface area contributed by atoms with Crippen LogP contribution in [0.4, 0.5) is 11.4 Å². The third-order valence-corrected chi connectivity index (χ3v) is 12.7. The Morgan fingerprint density at radius 1 is 0.430 bits per heavy atom. The van der Waals surface area contributed by atoms with Crippen LogP contribution in [0.5, 0.6) is 0 Å². The van der Waals surface area contributed by atoms with Crippen molar-refractivity contribution in [3.8, 4) is 45.2 Å². The number of oxazole rings is 2. The summed E-state index contributed by atoms with van der Waals surface area (Å²) in [6, 6.07) is 76.5. The number of aromatic nitrogens is 2. The van der Waals surface area contributed by atoms with E-state index in [-0.39, 0.29) is 68.4 Å². The fourth-order valence-electron chi connectivity index (χ4n) is 8.92. The first-order valence-electron chi connectivity index (χ1n) is 25.8. The number of rotatable bonds is 14. The molecule has 10 aromatic rings. The second-order valence-corrected chi connectivity index (χ2v) is 19.5. The second kappa shape index (κ2) is 32.7. The molecule has 0 saturated heterocycles. The van der Waals surface area contributed by atoms with E-state index in [9.17, 15) is 0 Å². The van der Waals surface area contributed by atoms with E-state index in [0.717, 1.165) is 56.4 Å². The molecule has 8 aromatic carbocycles. The van der Waals surface area contributed by atoms with Crippen molar-refractivity contribution < 1.29 is 25.8 Å². The first-order valence-corrected chi connectivity index (χ1v) is 25.8. The van der Waals surface area contributed by atoms with Crippen LogP contribution in [0, 0.1) is 6.07 Å². The summed E-state index contributed by atoms with van der Waals surface area (Å²) in [6.45, 7) is 17.8. The van der Waals surface area contributed by atoms with Crippen LogP contribution in [0.25, 0.3) is 45.2 Å². The molecule has 8 heteroatoms. The van der Waals surface area contributed by atoms with E-state index in [4.69, 9.17) is 23.8 Å². The van der Waals surface area contributed by atoms with Gasteiger partial charge in [-0.1, -0.05) is 266 Å². The number of hydrogen-bond donors (Lipinski definition) is 1. The largest absolute Gasteiger partial charge is 2.00 e. The summed E-state index contributed by atoms with van der Waals surface area (Å²) in [5.74, 6) is 4.22. The third kappa shape index (κ3) is 17.2. The molecule has 404 valence electrons. The van der Waals surface area contributed by atoms with E-state index in [1.807, 2.05) is 121 Å². The predicted molar refractivity (Wildman–Crippen MR) is 334 cm³/mol. The van der Waals surface area contributed by atoms with Crippen LogP contribution in [0.3, 0.4) is 0 Å². The van der Waals surface area contributed by atoms with E-state index in [0.29, 0.717) is 35.5 Å². The summed E-state index contributed by atoms with van der Waals surface area (Å²) in [5, 5.41) is 3.90. The minimum atomic E-state index is -0.251. The maximum Gasteiger partial charge on any atom is 2.00 e. The molecule has 0 spiro atoms. The summed E-state index contributed by atoms with van der Waals surface area (Å²) in [7, 11) is 0. The summed E-state index contributed by atoms with van der Waals surface area (Å²) in [4.78, 5) is 14.8. The molecule has 2 heterocycles. The van der Waals surface area contributed by atoms with Crippen molar-refractivity contribution in [1.82, 2.24) is 9.97 Å². The van der Waals surface area contributed by atoms with Gasteiger partial charge in [-0.05, 0) is 51.5 Å². The van der Waals surface area contributed by atoms with Crippen molar-refractivity contribution in [3.05, 3.63) is 264 Å². The molecule has 0 aliphatic rings. The van der Waals surface area contributed by atoms with Crippen LogP contribution in [-0.2, 0) is 0 Å².